The van der Waals surface area contributed by atoms with Crippen molar-refractivity contribution in [2.24, 2.45) is 7.05 Å². The number of aromatic nitrogens is 3. The van der Waals surface area contributed by atoms with E-state index < -0.39 is 0 Å². The van der Waals surface area contributed by atoms with Gasteiger partial charge in [-0.25, -0.2) is 9.97 Å². The van der Waals surface area contributed by atoms with Gasteiger partial charge in [-0.05, 0) is 42.8 Å². The van der Waals surface area contributed by atoms with Crippen LogP contribution in [-0.4, -0.2) is 27.5 Å². The second-order valence-electron chi connectivity index (χ2n) is 5.89. The van der Waals surface area contributed by atoms with Crippen LogP contribution in [-0.2, 0) is 7.05 Å². The molecule has 6 nitrogen and oxygen atoms in total. The molecule has 0 spiro atoms. The van der Waals surface area contributed by atoms with Crippen molar-refractivity contribution in [1.29, 1.82) is 0 Å². The number of benzene rings is 2. The van der Waals surface area contributed by atoms with E-state index in [0.717, 1.165) is 26.4 Å². The number of rotatable bonds is 3. The molecule has 126 valence electrons. The van der Waals surface area contributed by atoms with Gasteiger partial charge in [-0.2, -0.15) is 0 Å². The van der Waals surface area contributed by atoms with E-state index in [9.17, 15) is 4.79 Å². The summed E-state index contributed by atoms with van der Waals surface area (Å²) in [6, 6.07) is 11.7. The second kappa shape index (κ2) is 5.86. The fourth-order valence-corrected chi connectivity index (χ4v) is 3.74. The van der Waals surface area contributed by atoms with E-state index in [-0.39, 0.29) is 5.91 Å². The third-order valence-electron chi connectivity index (χ3n) is 4.13. The molecule has 2 aromatic heterocycles. The number of aryl methyl sites for hydroxylation is 2. The molecular formula is C18H17N5OS. The predicted molar refractivity (Wildman–Crippen MR) is 102 cm³/mol. The Morgan fingerprint density at radius 2 is 1.96 bits per heavy atom. The van der Waals surface area contributed by atoms with Gasteiger partial charge in [0.1, 0.15) is 0 Å². The summed E-state index contributed by atoms with van der Waals surface area (Å²) < 4.78 is 3.10. The van der Waals surface area contributed by atoms with Gasteiger partial charge in [0.25, 0.3) is 5.91 Å². The van der Waals surface area contributed by atoms with Gasteiger partial charge in [0.05, 0.1) is 21.3 Å². The van der Waals surface area contributed by atoms with Crippen LogP contribution in [0.4, 0.5) is 11.1 Å². The maximum atomic E-state index is 11.8. The maximum absolute atomic E-state index is 11.8. The highest BCUT2D eigenvalue weighted by Crippen LogP contribution is 2.29. The van der Waals surface area contributed by atoms with E-state index in [1.54, 1.807) is 30.5 Å². The van der Waals surface area contributed by atoms with Gasteiger partial charge in [0.2, 0.25) is 5.95 Å². The average molecular weight is 351 g/mol. The number of fused-ring (bicyclic) bond motifs is 2. The van der Waals surface area contributed by atoms with Crippen molar-refractivity contribution in [3.05, 3.63) is 47.5 Å². The molecule has 0 bridgehead atoms. The van der Waals surface area contributed by atoms with Crippen LogP contribution in [0.15, 0.2) is 36.4 Å². The van der Waals surface area contributed by atoms with Gasteiger partial charge in [-0.3, -0.25) is 4.79 Å². The first kappa shape index (κ1) is 15.6. The van der Waals surface area contributed by atoms with E-state index in [2.05, 4.69) is 39.7 Å². The van der Waals surface area contributed by atoms with Crippen molar-refractivity contribution in [3.8, 4) is 0 Å². The summed E-state index contributed by atoms with van der Waals surface area (Å²) in [6.07, 6.45) is 0. The second-order valence-corrected chi connectivity index (χ2v) is 6.92. The van der Waals surface area contributed by atoms with E-state index >= 15 is 0 Å². The first-order valence-corrected chi connectivity index (χ1v) is 8.69. The van der Waals surface area contributed by atoms with Crippen molar-refractivity contribution in [1.82, 2.24) is 19.9 Å². The fraction of sp³-hybridized carbons (Fsp3) is 0.167. The van der Waals surface area contributed by atoms with Crippen molar-refractivity contribution in [2.75, 3.05) is 12.4 Å². The molecule has 0 aliphatic heterocycles. The van der Waals surface area contributed by atoms with Gasteiger partial charge in [0.15, 0.2) is 5.13 Å². The third-order valence-corrected chi connectivity index (χ3v) is 5.07. The van der Waals surface area contributed by atoms with E-state index in [1.165, 1.54) is 5.56 Å². The molecule has 0 saturated heterocycles. The molecule has 2 aromatic carbocycles. The zero-order valence-electron chi connectivity index (χ0n) is 14.1. The van der Waals surface area contributed by atoms with Crippen molar-refractivity contribution < 1.29 is 4.79 Å². The molecule has 0 saturated carbocycles. The molecule has 25 heavy (non-hydrogen) atoms. The van der Waals surface area contributed by atoms with Crippen LogP contribution >= 0.6 is 11.3 Å². The summed E-state index contributed by atoms with van der Waals surface area (Å²) in [5.74, 6) is 0.573. The number of hydrogen-bond donors (Lipinski definition) is 2. The maximum Gasteiger partial charge on any atom is 0.251 e. The SMILES string of the molecule is CNC(=O)c1ccc2c(c1)nc(Nc1nc3ccc(C)cc3s1)n2C. The number of imidazole rings is 1. The third kappa shape index (κ3) is 2.72. The Hall–Kier alpha value is -2.93. The highest BCUT2D eigenvalue weighted by molar-refractivity contribution is 7.22. The van der Waals surface area contributed by atoms with Crippen LogP contribution in [0.25, 0.3) is 21.3 Å². The lowest BCUT2D eigenvalue weighted by molar-refractivity contribution is 0.0963. The largest absolute Gasteiger partial charge is 0.355 e. The summed E-state index contributed by atoms with van der Waals surface area (Å²) >= 11 is 1.60. The number of hydrogen-bond acceptors (Lipinski definition) is 5. The lowest BCUT2D eigenvalue weighted by Gasteiger charge is -2.02. The van der Waals surface area contributed by atoms with Gasteiger partial charge in [-0.15, -0.1) is 0 Å². The van der Waals surface area contributed by atoms with E-state index in [4.69, 9.17) is 0 Å². The standard InChI is InChI=1S/C18H17N5OS/c1-10-4-6-12-15(8-10)25-18(21-12)22-17-20-13-9-11(16(24)19-2)5-7-14(13)23(17)3/h4-9H,1-3H3,(H,19,24)(H,20,21,22). The monoisotopic (exact) mass is 351 g/mol. The van der Waals surface area contributed by atoms with E-state index in [1.807, 2.05) is 23.7 Å². The van der Waals surface area contributed by atoms with Crippen LogP contribution in [0.3, 0.4) is 0 Å². The molecular weight excluding hydrogens is 334 g/mol. The molecule has 0 unspecified atom stereocenters. The number of nitrogens with zero attached hydrogens (tertiary/aromatic N) is 3. The quantitative estimate of drug-likeness (QED) is 0.592. The number of carbonyl (C=O) groups excluding carboxylic acids is 1. The Morgan fingerprint density at radius 1 is 1.12 bits per heavy atom. The molecule has 1 amide bonds. The van der Waals surface area contributed by atoms with Gasteiger partial charge in [-0.1, -0.05) is 17.4 Å². The summed E-state index contributed by atoms with van der Waals surface area (Å²) in [7, 11) is 3.56. The molecule has 0 radical (unpaired) electrons. The molecule has 2 N–H and O–H groups in total. The van der Waals surface area contributed by atoms with Gasteiger partial charge >= 0.3 is 0 Å². The number of nitrogens with one attached hydrogen (secondary N) is 2. The molecule has 2 heterocycles. The highest BCUT2D eigenvalue weighted by Gasteiger charge is 2.12. The summed E-state index contributed by atoms with van der Waals surface area (Å²) in [5, 5.41) is 6.72. The summed E-state index contributed by atoms with van der Waals surface area (Å²) in [4.78, 5) is 21.0. The Morgan fingerprint density at radius 3 is 2.76 bits per heavy atom. The highest BCUT2D eigenvalue weighted by atomic mass is 32.1. The van der Waals surface area contributed by atoms with Crippen LogP contribution in [0, 0.1) is 6.92 Å². The Balaban J connectivity index is 1.72. The molecule has 4 rings (SSSR count). The first-order valence-electron chi connectivity index (χ1n) is 7.88. The number of thiazole rings is 1. The minimum atomic E-state index is -0.122. The average Bonchev–Trinajstić information content (AvgIpc) is 3.14. The smallest absolute Gasteiger partial charge is 0.251 e. The van der Waals surface area contributed by atoms with Crippen molar-refractivity contribution >= 4 is 49.6 Å². The minimum absolute atomic E-state index is 0.122. The molecule has 0 aliphatic carbocycles. The van der Waals surface area contributed by atoms with Crippen LogP contribution in [0.5, 0.6) is 0 Å². The molecule has 0 atom stereocenters. The minimum Gasteiger partial charge on any atom is -0.355 e. The van der Waals surface area contributed by atoms with Crippen molar-refractivity contribution in [3.63, 3.8) is 0 Å². The molecule has 0 fully saturated rings. The number of anilines is 2. The normalized spacial score (nSPS) is 11.2. The Bertz CT molecular complexity index is 1110. The van der Waals surface area contributed by atoms with Gasteiger partial charge in [0, 0.05) is 19.7 Å². The summed E-state index contributed by atoms with van der Waals surface area (Å²) in [5.41, 5.74) is 4.50. The van der Waals surface area contributed by atoms with Crippen LogP contribution < -0.4 is 10.6 Å². The zero-order valence-corrected chi connectivity index (χ0v) is 14.9. The number of amides is 1. The Labute approximate surface area is 148 Å². The predicted octanol–water partition coefficient (Wildman–Crippen LogP) is 3.59. The molecule has 7 heteroatoms. The van der Waals surface area contributed by atoms with Gasteiger partial charge < -0.3 is 15.2 Å². The molecule has 0 aliphatic rings. The fourth-order valence-electron chi connectivity index (χ4n) is 2.78. The zero-order chi connectivity index (χ0) is 17.6. The first-order chi connectivity index (χ1) is 12.0. The lowest BCUT2D eigenvalue weighted by atomic mass is 10.2. The lowest BCUT2D eigenvalue weighted by Crippen LogP contribution is -2.17. The topological polar surface area (TPSA) is 71.8 Å². The van der Waals surface area contributed by atoms with Crippen LogP contribution in [0.1, 0.15) is 15.9 Å². The molecule has 4 aromatic rings. The number of carbonyl (C=O) groups is 1. The van der Waals surface area contributed by atoms with Crippen LogP contribution in [0.2, 0.25) is 0 Å². The summed E-state index contributed by atoms with van der Waals surface area (Å²) in [6.45, 7) is 2.07. The van der Waals surface area contributed by atoms with Crippen molar-refractivity contribution in [2.45, 2.75) is 6.92 Å². The van der Waals surface area contributed by atoms with E-state index in [0.29, 0.717) is 11.5 Å². The Kier molecular flexibility index (Phi) is 3.65.